The summed E-state index contributed by atoms with van der Waals surface area (Å²) < 4.78 is 1.89. The van der Waals surface area contributed by atoms with Crippen molar-refractivity contribution < 1.29 is 9.90 Å². The highest BCUT2D eigenvalue weighted by molar-refractivity contribution is 7.99. The first kappa shape index (κ1) is 15.8. The largest absolute Gasteiger partial charge is 0.481 e. The number of hydrogen-bond acceptors (Lipinski definition) is 4. The highest BCUT2D eigenvalue weighted by Crippen LogP contribution is 2.21. The minimum absolute atomic E-state index is 0.0852. The number of carbonyl (C=O) groups is 1. The van der Waals surface area contributed by atoms with Gasteiger partial charge in [-0.25, -0.2) is 0 Å². The van der Waals surface area contributed by atoms with Gasteiger partial charge in [-0.05, 0) is 13.3 Å². The number of thioether (sulfide) groups is 1. The number of hydrogen-bond donors (Lipinski definition) is 1. The number of aliphatic carboxylic acids is 1. The molecule has 5 nitrogen and oxygen atoms in total. The second-order valence-corrected chi connectivity index (χ2v) is 5.43. The van der Waals surface area contributed by atoms with Crippen LogP contribution in [0.2, 0.25) is 0 Å². The maximum absolute atomic E-state index is 11.3. The van der Waals surface area contributed by atoms with Crippen molar-refractivity contribution in [2.75, 3.05) is 5.75 Å². The van der Waals surface area contributed by atoms with Crippen LogP contribution in [0, 0.1) is 0 Å². The van der Waals surface area contributed by atoms with Gasteiger partial charge in [0.25, 0.3) is 5.56 Å². The second-order valence-electron chi connectivity index (χ2n) is 4.48. The predicted molar refractivity (Wildman–Crippen MR) is 75.7 cm³/mol. The van der Waals surface area contributed by atoms with Crippen LogP contribution in [0.4, 0.5) is 0 Å². The fraction of sp³-hybridized carbons (Fsp3) is 0.615. The van der Waals surface area contributed by atoms with Gasteiger partial charge in [0, 0.05) is 18.3 Å². The topological polar surface area (TPSA) is 72.2 Å². The first-order chi connectivity index (χ1) is 9.04. The van der Waals surface area contributed by atoms with Crippen molar-refractivity contribution in [3.63, 3.8) is 0 Å². The van der Waals surface area contributed by atoms with Crippen LogP contribution in [0.15, 0.2) is 22.2 Å². The quantitative estimate of drug-likeness (QED) is 0.451. The molecule has 0 fully saturated rings. The highest BCUT2D eigenvalue weighted by Gasteiger charge is 2.11. The average molecular weight is 284 g/mol. The number of nitrogens with zero attached hydrogens (tertiary/aromatic N) is 2. The molecule has 1 aromatic rings. The number of rotatable bonds is 8. The van der Waals surface area contributed by atoms with Crippen molar-refractivity contribution >= 4 is 17.7 Å². The molecule has 0 aliphatic carbocycles. The maximum atomic E-state index is 11.3. The summed E-state index contributed by atoms with van der Waals surface area (Å²) in [5.74, 6) is -0.994. The van der Waals surface area contributed by atoms with E-state index >= 15 is 0 Å². The summed E-state index contributed by atoms with van der Waals surface area (Å²) in [6, 6.07) is 1.64. The Labute approximate surface area is 117 Å². The Bertz CT molecular complexity index is 473. The zero-order valence-corrected chi connectivity index (χ0v) is 12.2. The van der Waals surface area contributed by atoms with E-state index in [4.69, 9.17) is 5.11 Å². The summed E-state index contributed by atoms with van der Waals surface area (Å²) in [6.07, 6.45) is 6.16. The molecule has 1 atom stereocenters. The molecule has 0 amide bonds. The van der Waals surface area contributed by atoms with Gasteiger partial charge in [0.05, 0.1) is 5.75 Å². The third-order valence-electron chi connectivity index (χ3n) is 2.83. The van der Waals surface area contributed by atoms with Gasteiger partial charge in [-0.2, -0.15) is 4.98 Å². The van der Waals surface area contributed by atoms with E-state index in [2.05, 4.69) is 18.8 Å². The Morgan fingerprint density at radius 1 is 1.53 bits per heavy atom. The smallest absolute Gasteiger partial charge is 0.313 e. The molecule has 0 aliphatic heterocycles. The lowest BCUT2D eigenvalue weighted by Gasteiger charge is -2.18. The third kappa shape index (κ3) is 5.46. The monoisotopic (exact) mass is 284 g/mol. The van der Waals surface area contributed by atoms with Crippen molar-refractivity contribution in [3.8, 4) is 0 Å². The van der Waals surface area contributed by atoms with E-state index < -0.39 is 5.97 Å². The molecule has 19 heavy (non-hydrogen) atoms. The van der Waals surface area contributed by atoms with Gasteiger partial charge in [-0.1, -0.05) is 37.9 Å². The number of carboxylic acids is 1. The zero-order valence-electron chi connectivity index (χ0n) is 11.3. The number of unbranched alkanes of at least 4 members (excludes halogenated alkanes) is 2. The average Bonchev–Trinajstić information content (AvgIpc) is 2.36. The number of aromatic nitrogens is 2. The normalized spacial score (nSPS) is 12.3. The molecule has 0 bridgehead atoms. The molecule has 0 radical (unpaired) electrons. The molecule has 1 N–H and O–H groups in total. The van der Waals surface area contributed by atoms with Gasteiger partial charge < -0.3 is 9.67 Å². The van der Waals surface area contributed by atoms with Crippen LogP contribution in [-0.4, -0.2) is 26.4 Å². The van der Waals surface area contributed by atoms with Crippen LogP contribution < -0.4 is 5.56 Å². The molecular weight excluding hydrogens is 264 g/mol. The lowest BCUT2D eigenvalue weighted by atomic mass is 10.1. The molecule has 6 heteroatoms. The van der Waals surface area contributed by atoms with Crippen LogP contribution >= 0.6 is 11.8 Å². The van der Waals surface area contributed by atoms with Crippen molar-refractivity contribution in [2.24, 2.45) is 0 Å². The van der Waals surface area contributed by atoms with Crippen LogP contribution in [0.25, 0.3) is 0 Å². The van der Waals surface area contributed by atoms with Crippen LogP contribution in [0.5, 0.6) is 0 Å². The summed E-state index contributed by atoms with van der Waals surface area (Å²) in [5, 5.41) is 9.20. The van der Waals surface area contributed by atoms with Crippen molar-refractivity contribution in [1.82, 2.24) is 9.55 Å². The summed E-state index contributed by atoms with van der Waals surface area (Å²) >= 11 is 1.09. The lowest BCUT2D eigenvalue weighted by molar-refractivity contribution is -0.133. The van der Waals surface area contributed by atoms with Gasteiger partial charge in [-0.3, -0.25) is 9.59 Å². The van der Waals surface area contributed by atoms with Crippen LogP contribution in [0.3, 0.4) is 0 Å². The van der Waals surface area contributed by atoms with Crippen molar-refractivity contribution in [2.45, 2.75) is 50.7 Å². The first-order valence-corrected chi connectivity index (χ1v) is 7.47. The summed E-state index contributed by atoms with van der Waals surface area (Å²) in [5.41, 5.74) is -0.329. The van der Waals surface area contributed by atoms with E-state index in [1.54, 1.807) is 6.20 Å². The van der Waals surface area contributed by atoms with E-state index in [0.29, 0.717) is 5.16 Å². The Hall–Kier alpha value is -1.30. The van der Waals surface area contributed by atoms with Gasteiger partial charge in [-0.15, -0.1) is 0 Å². The molecule has 1 unspecified atom stereocenters. The molecule has 1 aromatic heterocycles. The summed E-state index contributed by atoms with van der Waals surface area (Å²) in [4.78, 5) is 25.8. The molecule has 1 rings (SSSR count). The molecule has 0 spiro atoms. The Kier molecular flexibility index (Phi) is 6.62. The van der Waals surface area contributed by atoms with E-state index in [0.717, 1.165) is 31.0 Å². The van der Waals surface area contributed by atoms with Gasteiger partial charge >= 0.3 is 5.97 Å². The van der Waals surface area contributed by atoms with Gasteiger partial charge in [0.1, 0.15) is 0 Å². The zero-order chi connectivity index (χ0) is 14.3. The minimum atomic E-state index is -0.909. The summed E-state index contributed by atoms with van der Waals surface area (Å²) in [7, 11) is 0. The molecule has 0 saturated carbocycles. The molecular formula is C13H20N2O3S. The first-order valence-electron chi connectivity index (χ1n) is 6.48. The number of carboxylic acid groups (broad SMARTS) is 1. The Morgan fingerprint density at radius 2 is 2.26 bits per heavy atom. The van der Waals surface area contributed by atoms with E-state index in [1.807, 2.05) is 4.57 Å². The SMILES string of the molecule is CCCCCC(C)n1ccc(=O)nc1SCC(=O)O. The fourth-order valence-electron chi connectivity index (χ4n) is 1.79. The fourth-order valence-corrected chi connectivity index (χ4v) is 2.59. The van der Waals surface area contributed by atoms with E-state index in [-0.39, 0.29) is 17.4 Å². The summed E-state index contributed by atoms with van der Waals surface area (Å²) in [6.45, 7) is 4.21. The van der Waals surface area contributed by atoms with Gasteiger partial charge in [0.15, 0.2) is 5.16 Å². The molecule has 0 aromatic carbocycles. The minimum Gasteiger partial charge on any atom is -0.481 e. The van der Waals surface area contributed by atoms with E-state index in [9.17, 15) is 9.59 Å². The van der Waals surface area contributed by atoms with Crippen molar-refractivity contribution in [1.29, 1.82) is 0 Å². The second kappa shape index (κ2) is 7.99. The lowest BCUT2D eigenvalue weighted by Crippen LogP contribution is -2.17. The Morgan fingerprint density at radius 3 is 2.89 bits per heavy atom. The van der Waals surface area contributed by atoms with Crippen LogP contribution in [0.1, 0.15) is 45.6 Å². The predicted octanol–water partition coefficient (Wildman–Crippen LogP) is 2.56. The third-order valence-corrected chi connectivity index (χ3v) is 3.78. The molecule has 0 aliphatic rings. The maximum Gasteiger partial charge on any atom is 0.313 e. The van der Waals surface area contributed by atoms with Crippen LogP contribution in [-0.2, 0) is 4.79 Å². The molecule has 1 heterocycles. The standard InChI is InChI=1S/C13H20N2O3S/c1-3-4-5-6-10(2)15-8-7-11(16)14-13(15)19-9-12(17)18/h7-8,10H,3-6,9H2,1-2H3,(H,17,18). The Balaban J connectivity index is 2.79. The molecule has 0 saturated heterocycles. The van der Waals surface area contributed by atoms with E-state index in [1.165, 1.54) is 12.5 Å². The van der Waals surface area contributed by atoms with Gasteiger partial charge in [0.2, 0.25) is 0 Å². The highest BCUT2D eigenvalue weighted by atomic mass is 32.2. The van der Waals surface area contributed by atoms with Crippen molar-refractivity contribution in [3.05, 3.63) is 22.6 Å². The molecule has 106 valence electrons.